The first-order chi connectivity index (χ1) is 8.09. The summed E-state index contributed by atoms with van der Waals surface area (Å²) in [4.78, 5) is 13.4. The Morgan fingerprint density at radius 1 is 1.41 bits per heavy atom. The molecule has 0 radical (unpaired) electrons. The maximum atomic E-state index is 12.3. The molecule has 3 heterocycles. The molecule has 0 saturated carbocycles. The first-order valence-corrected chi connectivity index (χ1v) is 6.45. The van der Waals surface area contributed by atoms with Gasteiger partial charge in [-0.1, -0.05) is 0 Å². The van der Waals surface area contributed by atoms with E-state index in [4.69, 9.17) is 0 Å². The predicted octanol–water partition coefficient (Wildman–Crippen LogP) is 2.60. The zero-order valence-corrected chi connectivity index (χ0v) is 10.8. The molecule has 0 spiro atoms. The van der Waals surface area contributed by atoms with Gasteiger partial charge in [-0.15, -0.1) is 11.3 Å². The fourth-order valence-corrected chi connectivity index (χ4v) is 3.06. The van der Waals surface area contributed by atoms with Crippen molar-refractivity contribution in [1.29, 1.82) is 0 Å². The molecule has 0 aliphatic carbocycles. The molecule has 3 aromatic heterocycles. The summed E-state index contributed by atoms with van der Waals surface area (Å²) in [6.07, 6.45) is 0. The number of thiophene rings is 1. The van der Waals surface area contributed by atoms with Crippen molar-refractivity contribution in [1.82, 2.24) is 14.2 Å². The van der Waals surface area contributed by atoms with E-state index in [9.17, 15) is 4.79 Å². The number of aromatic nitrogens is 3. The van der Waals surface area contributed by atoms with Gasteiger partial charge in [0.05, 0.1) is 6.04 Å². The van der Waals surface area contributed by atoms with Crippen molar-refractivity contribution in [2.75, 3.05) is 0 Å². The van der Waals surface area contributed by atoms with E-state index in [1.54, 1.807) is 16.0 Å². The van der Waals surface area contributed by atoms with Gasteiger partial charge in [0.25, 0.3) is 5.56 Å². The van der Waals surface area contributed by atoms with E-state index in [2.05, 4.69) is 5.10 Å². The molecule has 0 aliphatic heterocycles. The van der Waals surface area contributed by atoms with Gasteiger partial charge in [-0.25, -0.2) is 4.68 Å². The van der Waals surface area contributed by atoms with Crippen LogP contribution in [0, 0.1) is 6.92 Å². The molecule has 0 bridgehead atoms. The standard InChI is InChI=1S/C12H13N3OS/c1-7(2)15-11(16)10-6-9-4-5-17-12(9)14(10)8(3)13-15/h4-7H,1-3H3. The lowest BCUT2D eigenvalue weighted by molar-refractivity contribution is 0.492. The van der Waals surface area contributed by atoms with Crippen LogP contribution in [0.3, 0.4) is 0 Å². The lowest BCUT2D eigenvalue weighted by atomic mass is 10.4. The van der Waals surface area contributed by atoms with E-state index in [1.807, 2.05) is 42.7 Å². The van der Waals surface area contributed by atoms with E-state index >= 15 is 0 Å². The second-order valence-electron chi connectivity index (χ2n) is 4.44. The first kappa shape index (κ1) is 10.5. The lowest BCUT2D eigenvalue weighted by Crippen LogP contribution is -2.27. The fraction of sp³-hybridized carbons (Fsp3) is 0.333. The third-order valence-electron chi connectivity index (χ3n) is 2.90. The highest BCUT2D eigenvalue weighted by atomic mass is 32.1. The van der Waals surface area contributed by atoms with Crippen LogP contribution < -0.4 is 5.56 Å². The normalized spacial score (nSPS) is 12.0. The van der Waals surface area contributed by atoms with Crippen LogP contribution in [-0.2, 0) is 0 Å². The molecule has 0 N–H and O–H groups in total. The van der Waals surface area contributed by atoms with E-state index < -0.39 is 0 Å². The van der Waals surface area contributed by atoms with Crippen molar-refractivity contribution in [3.05, 3.63) is 33.7 Å². The summed E-state index contributed by atoms with van der Waals surface area (Å²) >= 11 is 1.64. The second kappa shape index (κ2) is 3.43. The van der Waals surface area contributed by atoms with Crippen LogP contribution in [0.5, 0.6) is 0 Å². The van der Waals surface area contributed by atoms with Gasteiger partial charge in [-0.3, -0.25) is 9.20 Å². The number of fused-ring (bicyclic) bond motifs is 3. The molecule has 4 nitrogen and oxygen atoms in total. The van der Waals surface area contributed by atoms with E-state index in [1.165, 1.54) is 0 Å². The monoisotopic (exact) mass is 247 g/mol. The minimum absolute atomic E-state index is 0.0194. The van der Waals surface area contributed by atoms with Gasteiger partial charge < -0.3 is 0 Å². The minimum atomic E-state index is -0.0194. The van der Waals surface area contributed by atoms with Gasteiger partial charge >= 0.3 is 0 Å². The molecular weight excluding hydrogens is 234 g/mol. The molecule has 3 rings (SSSR count). The zero-order chi connectivity index (χ0) is 12.2. The smallest absolute Gasteiger partial charge is 0.282 e. The summed E-state index contributed by atoms with van der Waals surface area (Å²) in [7, 11) is 0. The van der Waals surface area contributed by atoms with E-state index in [-0.39, 0.29) is 11.6 Å². The summed E-state index contributed by atoms with van der Waals surface area (Å²) in [5.74, 6) is 0.853. The number of hydrogen-bond donors (Lipinski definition) is 0. The Labute approximate surface area is 102 Å². The molecule has 0 aliphatic rings. The molecule has 0 saturated heterocycles. The quantitative estimate of drug-likeness (QED) is 0.663. The van der Waals surface area contributed by atoms with Crippen molar-refractivity contribution >= 4 is 27.1 Å². The summed E-state index contributed by atoms with van der Waals surface area (Å²) in [6, 6.07) is 4.06. The van der Waals surface area contributed by atoms with E-state index in [0.717, 1.165) is 16.0 Å². The average Bonchev–Trinajstić information content (AvgIpc) is 2.81. The maximum Gasteiger partial charge on any atom is 0.291 e. The van der Waals surface area contributed by atoms with Crippen LogP contribution in [0.15, 0.2) is 22.3 Å². The van der Waals surface area contributed by atoms with Crippen LogP contribution in [0.4, 0.5) is 0 Å². The fourth-order valence-electron chi connectivity index (χ4n) is 2.12. The number of aryl methyl sites for hydroxylation is 1. The van der Waals surface area contributed by atoms with Crippen LogP contribution in [-0.4, -0.2) is 14.2 Å². The summed E-state index contributed by atoms with van der Waals surface area (Å²) in [5, 5.41) is 7.52. The topological polar surface area (TPSA) is 39.3 Å². The van der Waals surface area contributed by atoms with Gasteiger partial charge in [-0.2, -0.15) is 5.10 Å². The molecular formula is C12H13N3OS. The van der Waals surface area contributed by atoms with Crippen molar-refractivity contribution in [2.24, 2.45) is 0 Å². The van der Waals surface area contributed by atoms with Crippen LogP contribution in [0.1, 0.15) is 25.7 Å². The number of rotatable bonds is 1. The SMILES string of the molecule is Cc1nn(C(C)C)c(=O)c2cc3ccsc3n12. The van der Waals surface area contributed by atoms with E-state index in [0.29, 0.717) is 5.52 Å². The summed E-state index contributed by atoms with van der Waals surface area (Å²) in [6.45, 7) is 5.87. The molecule has 0 fully saturated rings. The Hall–Kier alpha value is -1.62. The summed E-state index contributed by atoms with van der Waals surface area (Å²) < 4.78 is 3.50. The minimum Gasteiger partial charge on any atom is -0.282 e. The Bertz CT molecular complexity index is 763. The molecule has 3 aromatic rings. The van der Waals surface area contributed by atoms with Crippen molar-refractivity contribution < 1.29 is 0 Å². The Kier molecular flexibility index (Phi) is 2.13. The molecule has 0 unspecified atom stereocenters. The lowest BCUT2D eigenvalue weighted by Gasteiger charge is -2.10. The summed E-state index contributed by atoms with van der Waals surface area (Å²) in [5.41, 5.74) is 0.696. The second-order valence-corrected chi connectivity index (χ2v) is 5.33. The molecule has 5 heteroatoms. The Morgan fingerprint density at radius 2 is 2.18 bits per heavy atom. The highest BCUT2D eigenvalue weighted by Gasteiger charge is 2.13. The molecule has 0 aromatic carbocycles. The highest BCUT2D eigenvalue weighted by Crippen LogP contribution is 2.24. The third kappa shape index (κ3) is 1.35. The van der Waals surface area contributed by atoms with Crippen molar-refractivity contribution in [3.8, 4) is 0 Å². The van der Waals surface area contributed by atoms with Gasteiger partial charge in [0, 0.05) is 5.39 Å². The zero-order valence-electron chi connectivity index (χ0n) is 9.97. The number of hydrogen-bond acceptors (Lipinski definition) is 3. The van der Waals surface area contributed by atoms with Crippen LogP contribution in [0.25, 0.3) is 15.7 Å². The Balaban J connectivity index is 2.55. The molecule has 0 amide bonds. The van der Waals surface area contributed by atoms with Crippen molar-refractivity contribution in [3.63, 3.8) is 0 Å². The third-order valence-corrected chi connectivity index (χ3v) is 3.82. The largest absolute Gasteiger partial charge is 0.291 e. The van der Waals surface area contributed by atoms with Crippen molar-refractivity contribution in [2.45, 2.75) is 26.8 Å². The molecule has 17 heavy (non-hydrogen) atoms. The highest BCUT2D eigenvalue weighted by molar-refractivity contribution is 7.16. The van der Waals surface area contributed by atoms with Gasteiger partial charge in [-0.05, 0) is 38.3 Å². The first-order valence-electron chi connectivity index (χ1n) is 5.57. The van der Waals surface area contributed by atoms with Gasteiger partial charge in [0.15, 0.2) is 0 Å². The maximum absolute atomic E-state index is 12.3. The molecule has 0 atom stereocenters. The number of nitrogens with zero attached hydrogens (tertiary/aromatic N) is 3. The van der Waals surface area contributed by atoms with Crippen LogP contribution in [0.2, 0.25) is 0 Å². The average molecular weight is 247 g/mol. The Morgan fingerprint density at radius 3 is 2.88 bits per heavy atom. The molecule has 88 valence electrons. The van der Waals surface area contributed by atoms with Gasteiger partial charge in [0.2, 0.25) is 0 Å². The van der Waals surface area contributed by atoms with Gasteiger partial charge in [0.1, 0.15) is 16.2 Å². The predicted molar refractivity (Wildman–Crippen MR) is 70.0 cm³/mol. The van der Waals surface area contributed by atoms with Crippen LogP contribution >= 0.6 is 11.3 Å².